The van der Waals surface area contributed by atoms with E-state index in [-0.39, 0.29) is 11.2 Å². The number of hydrogen-bond acceptors (Lipinski definition) is 1. The molecule has 1 unspecified atom stereocenters. The van der Waals surface area contributed by atoms with Gasteiger partial charge in [0.05, 0.1) is 11.2 Å². The maximum absolute atomic E-state index is 6.16. The van der Waals surface area contributed by atoms with Gasteiger partial charge in [-0.25, -0.2) is 0 Å². The van der Waals surface area contributed by atoms with Crippen LogP contribution in [-0.2, 0) is 4.74 Å². The van der Waals surface area contributed by atoms with Gasteiger partial charge in [0, 0.05) is 0 Å². The number of rotatable bonds is 0. The summed E-state index contributed by atoms with van der Waals surface area (Å²) >= 11 is 0. The van der Waals surface area contributed by atoms with E-state index in [2.05, 4.69) is 46.8 Å². The van der Waals surface area contributed by atoms with E-state index in [0.717, 1.165) is 5.92 Å². The summed E-state index contributed by atoms with van der Waals surface area (Å²) in [7, 11) is 0. The molecule has 2 aliphatic rings. The normalized spacial score (nSPS) is 59.9. The van der Waals surface area contributed by atoms with Crippen molar-refractivity contribution >= 4 is 0 Å². The van der Waals surface area contributed by atoms with E-state index in [1.54, 1.807) is 0 Å². The zero-order valence-corrected chi connectivity index (χ0v) is 9.29. The predicted octanol–water partition coefficient (Wildman–Crippen LogP) is 3.01. The van der Waals surface area contributed by atoms with Crippen molar-refractivity contribution in [1.29, 1.82) is 0 Å². The van der Waals surface area contributed by atoms with E-state index in [1.165, 1.54) is 0 Å². The van der Waals surface area contributed by atoms with E-state index in [1.807, 2.05) is 0 Å². The Morgan fingerprint density at radius 3 is 1.69 bits per heavy atom. The molecule has 0 aromatic heterocycles. The molecule has 2 rings (SSSR count). The van der Waals surface area contributed by atoms with Crippen LogP contribution in [-0.4, -0.2) is 11.2 Å². The summed E-state index contributed by atoms with van der Waals surface area (Å²) in [5, 5.41) is 0. The molecule has 1 fully saturated rings. The summed E-state index contributed by atoms with van der Waals surface area (Å²) in [5.41, 5.74) is -0.0264. The maximum Gasteiger partial charge on any atom is 0.0875 e. The SMILES string of the molecule is CC1[C@@H](C)[C@@]2(C)C=C[C@](C)(O2)[C@H]1C. The van der Waals surface area contributed by atoms with Crippen molar-refractivity contribution in [2.45, 2.75) is 45.8 Å². The largest absolute Gasteiger partial charge is 0.360 e. The molecule has 0 N–H and O–H groups in total. The third-order valence-corrected chi connectivity index (χ3v) is 4.57. The Morgan fingerprint density at radius 2 is 1.31 bits per heavy atom. The van der Waals surface area contributed by atoms with Crippen molar-refractivity contribution in [2.75, 3.05) is 0 Å². The fourth-order valence-corrected chi connectivity index (χ4v) is 2.84. The minimum absolute atomic E-state index is 0.0132. The number of ether oxygens (including phenoxy) is 1. The third-order valence-electron chi connectivity index (χ3n) is 4.57. The summed E-state index contributed by atoms with van der Waals surface area (Å²) < 4.78 is 6.16. The molecule has 0 aliphatic carbocycles. The standard InChI is InChI=1S/C12H20O/c1-8-9(2)11(4)6-7-12(5,13-11)10(8)3/h6-10H,1-5H3/t8?,9-,10+,11-,12+. The molecule has 2 aliphatic heterocycles. The molecule has 2 bridgehead atoms. The lowest BCUT2D eigenvalue weighted by Crippen LogP contribution is -2.52. The molecule has 0 saturated carbocycles. The fraction of sp³-hybridized carbons (Fsp3) is 0.833. The molecule has 1 nitrogen and oxygen atoms in total. The zero-order valence-electron chi connectivity index (χ0n) is 9.29. The van der Waals surface area contributed by atoms with Crippen LogP contribution in [0, 0.1) is 17.8 Å². The lowest BCUT2D eigenvalue weighted by molar-refractivity contribution is -0.182. The first-order chi connectivity index (χ1) is 5.89. The van der Waals surface area contributed by atoms with Crippen molar-refractivity contribution < 1.29 is 4.74 Å². The Labute approximate surface area is 81.2 Å². The van der Waals surface area contributed by atoms with Gasteiger partial charge in [-0.15, -0.1) is 0 Å². The van der Waals surface area contributed by atoms with Gasteiger partial charge in [-0.1, -0.05) is 32.9 Å². The molecule has 0 radical (unpaired) electrons. The Hall–Kier alpha value is -0.300. The lowest BCUT2D eigenvalue weighted by Gasteiger charge is -2.49. The third kappa shape index (κ3) is 1.03. The van der Waals surface area contributed by atoms with Gasteiger partial charge in [-0.05, 0) is 31.6 Å². The van der Waals surface area contributed by atoms with E-state index >= 15 is 0 Å². The van der Waals surface area contributed by atoms with Crippen LogP contribution >= 0.6 is 0 Å². The molecule has 2 heterocycles. The second-order valence-electron chi connectivity index (χ2n) is 5.24. The molecule has 5 atom stereocenters. The summed E-state index contributed by atoms with van der Waals surface area (Å²) in [5.74, 6) is 1.97. The van der Waals surface area contributed by atoms with E-state index in [9.17, 15) is 0 Å². The minimum atomic E-state index is -0.0132. The van der Waals surface area contributed by atoms with Crippen molar-refractivity contribution in [1.82, 2.24) is 0 Å². The van der Waals surface area contributed by atoms with Crippen LogP contribution in [0.25, 0.3) is 0 Å². The van der Waals surface area contributed by atoms with E-state index in [0.29, 0.717) is 11.8 Å². The van der Waals surface area contributed by atoms with Gasteiger partial charge >= 0.3 is 0 Å². The summed E-state index contributed by atoms with van der Waals surface area (Å²) in [6.07, 6.45) is 4.52. The molecular weight excluding hydrogens is 160 g/mol. The first-order valence-corrected chi connectivity index (χ1v) is 5.29. The highest BCUT2D eigenvalue weighted by atomic mass is 16.5. The number of fused-ring (bicyclic) bond motifs is 2. The molecular formula is C12H20O. The van der Waals surface area contributed by atoms with Crippen LogP contribution in [0.5, 0.6) is 0 Å². The minimum Gasteiger partial charge on any atom is -0.360 e. The van der Waals surface area contributed by atoms with Crippen molar-refractivity contribution in [3.8, 4) is 0 Å². The molecule has 74 valence electrons. The van der Waals surface area contributed by atoms with Crippen molar-refractivity contribution in [3.05, 3.63) is 12.2 Å². The highest BCUT2D eigenvalue weighted by Crippen LogP contribution is 2.51. The first kappa shape index (κ1) is 9.26. The Balaban J connectivity index is 2.40. The molecule has 0 spiro atoms. The highest BCUT2D eigenvalue weighted by molar-refractivity contribution is 5.22. The fourth-order valence-electron chi connectivity index (χ4n) is 2.84. The molecule has 1 saturated heterocycles. The topological polar surface area (TPSA) is 9.23 Å². The first-order valence-electron chi connectivity index (χ1n) is 5.29. The quantitative estimate of drug-likeness (QED) is 0.521. The van der Waals surface area contributed by atoms with Crippen molar-refractivity contribution in [2.24, 2.45) is 17.8 Å². The average Bonchev–Trinajstić information content (AvgIpc) is 2.38. The predicted molar refractivity (Wildman–Crippen MR) is 54.5 cm³/mol. The molecule has 0 aromatic carbocycles. The molecule has 1 heteroatoms. The van der Waals surface area contributed by atoms with Gasteiger partial charge in [0.2, 0.25) is 0 Å². The Bertz CT molecular complexity index is 234. The van der Waals surface area contributed by atoms with Crippen LogP contribution < -0.4 is 0 Å². The molecule has 0 aromatic rings. The molecule has 0 amide bonds. The van der Waals surface area contributed by atoms with Gasteiger partial charge < -0.3 is 4.74 Å². The highest BCUT2D eigenvalue weighted by Gasteiger charge is 2.53. The summed E-state index contributed by atoms with van der Waals surface area (Å²) in [6.45, 7) is 11.4. The summed E-state index contributed by atoms with van der Waals surface area (Å²) in [6, 6.07) is 0. The van der Waals surface area contributed by atoms with Crippen molar-refractivity contribution in [3.63, 3.8) is 0 Å². The monoisotopic (exact) mass is 180 g/mol. The van der Waals surface area contributed by atoms with Crippen LogP contribution in [0.1, 0.15) is 34.6 Å². The smallest absolute Gasteiger partial charge is 0.0875 e. The van der Waals surface area contributed by atoms with E-state index < -0.39 is 0 Å². The van der Waals surface area contributed by atoms with E-state index in [4.69, 9.17) is 4.74 Å². The Kier molecular flexibility index (Phi) is 1.70. The summed E-state index contributed by atoms with van der Waals surface area (Å²) in [4.78, 5) is 0. The van der Waals surface area contributed by atoms with Gasteiger partial charge in [-0.3, -0.25) is 0 Å². The average molecular weight is 180 g/mol. The second kappa shape index (κ2) is 2.38. The van der Waals surface area contributed by atoms with Crippen LogP contribution in [0.3, 0.4) is 0 Å². The van der Waals surface area contributed by atoms with Gasteiger partial charge in [-0.2, -0.15) is 0 Å². The van der Waals surface area contributed by atoms with Crippen LogP contribution in [0.4, 0.5) is 0 Å². The number of hydrogen-bond donors (Lipinski definition) is 0. The second-order valence-corrected chi connectivity index (χ2v) is 5.24. The lowest BCUT2D eigenvalue weighted by atomic mass is 9.70. The molecule has 13 heavy (non-hydrogen) atoms. The van der Waals surface area contributed by atoms with Gasteiger partial charge in [0.1, 0.15) is 0 Å². The van der Waals surface area contributed by atoms with Gasteiger partial charge in [0.15, 0.2) is 0 Å². The Morgan fingerprint density at radius 1 is 0.923 bits per heavy atom. The van der Waals surface area contributed by atoms with Crippen LogP contribution in [0.15, 0.2) is 12.2 Å². The zero-order chi connectivity index (χ0) is 9.85. The maximum atomic E-state index is 6.16. The van der Waals surface area contributed by atoms with Crippen LogP contribution in [0.2, 0.25) is 0 Å². The van der Waals surface area contributed by atoms with Gasteiger partial charge in [0.25, 0.3) is 0 Å².